The van der Waals surface area contributed by atoms with Crippen LogP contribution >= 0.6 is 0 Å². The highest BCUT2D eigenvalue weighted by Gasteiger charge is 2.28. The van der Waals surface area contributed by atoms with Crippen LogP contribution in [0.5, 0.6) is 0 Å². The molecule has 8 nitrogen and oxygen atoms in total. The first-order valence-corrected chi connectivity index (χ1v) is 15.0. The summed E-state index contributed by atoms with van der Waals surface area (Å²) in [6.07, 6.45) is 6.79. The zero-order valence-corrected chi connectivity index (χ0v) is 23.2. The number of amides is 1. The molecule has 2 aromatic carbocycles. The van der Waals surface area contributed by atoms with Crippen LogP contribution in [0.1, 0.15) is 32.1 Å². The summed E-state index contributed by atoms with van der Waals surface area (Å²) in [6.45, 7) is 7.73. The highest BCUT2D eigenvalue weighted by atomic mass is 16.3. The number of carbonyl (C=O) groups excluding carboxylic acids is 1. The molecule has 40 heavy (non-hydrogen) atoms. The molecule has 0 atom stereocenters. The first kappa shape index (κ1) is 25.5. The molecule has 1 amide bonds. The summed E-state index contributed by atoms with van der Waals surface area (Å²) in [7, 11) is 0. The molecule has 0 radical (unpaired) electrons. The van der Waals surface area contributed by atoms with Gasteiger partial charge in [-0.05, 0) is 37.1 Å². The second kappa shape index (κ2) is 11.2. The third kappa shape index (κ3) is 5.06. The normalized spacial score (nSPS) is 20.0. The van der Waals surface area contributed by atoms with E-state index in [4.69, 9.17) is 4.42 Å². The predicted octanol–water partition coefficient (Wildman–Crippen LogP) is 4.64. The van der Waals surface area contributed by atoms with Gasteiger partial charge in [-0.15, -0.1) is 10.2 Å². The van der Waals surface area contributed by atoms with E-state index in [1.54, 1.807) is 0 Å². The second-order valence-corrected chi connectivity index (χ2v) is 11.5. The van der Waals surface area contributed by atoms with Gasteiger partial charge in [0.2, 0.25) is 5.91 Å². The molecule has 8 heteroatoms. The molecule has 3 aliphatic rings. The monoisotopic (exact) mass is 538 g/mol. The Bertz CT molecular complexity index is 1460. The fourth-order valence-corrected chi connectivity index (χ4v) is 6.80. The van der Waals surface area contributed by atoms with Crippen LogP contribution in [0.2, 0.25) is 0 Å². The summed E-state index contributed by atoms with van der Waals surface area (Å²) in [5.41, 5.74) is 3.49. The predicted molar refractivity (Wildman–Crippen MR) is 158 cm³/mol. The summed E-state index contributed by atoms with van der Waals surface area (Å²) in [5, 5.41) is 11.4. The Balaban J connectivity index is 0.933. The summed E-state index contributed by atoms with van der Waals surface area (Å²) in [4.78, 5) is 22.3. The number of nitrogens with zero attached hydrogens (tertiary/aromatic N) is 6. The maximum atomic E-state index is 13.0. The van der Waals surface area contributed by atoms with Gasteiger partial charge in [0.05, 0.1) is 12.2 Å². The molecule has 0 N–H and O–H groups in total. The van der Waals surface area contributed by atoms with Gasteiger partial charge < -0.3 is 14.2 Å². The van der Waals surface area contributed by atoms with Gasteiger partial charge in [0, 0.05) is 74.7 Å². The molecule has 7 rings (SSSR count). The molecule has 1 saturated carbocycles. The molecule has 0 unspecified atom stereocenters. The van der Waals surface area contributed by atoms with Gasteiger partial charge in [0.1, 0.15) is 11.2 Å². The minimum absolute atomic E-state index is 0.278. The lowest BCUT2D eigenvalue weighted by Gasteiger charge is -2.41. The van der Waals surface area contributed by atoms with Gasteiger partial charge in [-0.1, -0.05) is 49.6 Å². The number of hydrogen-bond donors (Lipinski definition) is 0. The summed E-state index contributed by atoms with van der Waals surface area (Å²) < 4.78 is 6.19. The van der Waals surface area contributed by atoms with Crippen LogP contribution in [-0.2, 0) is 4.79 Å². The summed E-state index contributed by atoms with van der Waals surface area (Å²) in [6, 6.07) is 19.1. The van der Waals surface area contributed by atoms with E-state index in [9.17, 15) is 4.79 Å². The highest BCUT2D eigenvalue weighted by molar-refractivity contribution is 6.09. The molecule has 4 heterocycles. The van der Waals surface area contributed by atoms with E-state index in [0.29, 0.717) is 6.54 Å². The van der Waals surface area contributed by atoms with E-state index in [1.807, 2.05) is 36.4 Å². The molecule has 4 aromatic rings. The highest BCUT2D eigenvalue weighted by Crippen LogP contribution is 2.35. The van der Waals surface area contributed by atoms with Crippen LogP contribution in [-0.4, -0.2) is 95.7 Å². The lowest BCUT2D eigenvalue weighted by Crippen LogP contribution is -2.55. The Kier molecular flexibility index (Phi) is 7.12. The van der Waals surface area contributed by atoms with Crippen molar-refractivity contribution in [3.8, 4) is 11.3 Å². The van der Waals surface area contributed by atoms with E-state index < -0.39 is 0 Å². The fourth-order valence-electron chi connectivity index (χ4n) is 6.80. The average Bonchev–Trinajstić information content (AvgIpc) is 3.41. The summed E-state index contributed by atoms with van der Waals surface area (Å²) >= 11 is 0. The van der Waals surface area contributed by atoms with E-state index in [1.165, 1.54) is 32.1 Å². The minimum atomic E-state index is 0.278. The van der Waals surface area contributed by atoms with Crippen molar-refractivity contribution < 1.29 is 9.21 Å². The number of fused-ring (bicyclic) bond motifs is 3. The van der Waals surface area contributed by atoms with Gasteiger partial charge in [-0.2, -0.15) is 0 Å². The molecule has 0 spiro atoms. The number of para-hydroxylation sites is 2. The number of aromatic nitrogens is 2. The van der Waals surface area contributed by atoms with Crippen molar-refractivity contribution in [2.75, 3.05) is 63.8 Å². The van der Waals surface area contributed by atoms with Crippen LogP contribution in [0.15, 0.2) is 59.0 Å². The minimum Gasteiger partial charge on any atom is -0.455 e. The molecular formula is C32H38N6O2. The van der Waals surface area contributed by atoms with Crippen molar-refractivity contribution in [2.45, 2.75) is 38.1 Å². The van der Waals surface area contributed by atoms with Crippen molar-refractivity contribution in [2.24, 2.45) is 0 Å². The van der Waals surface area contributed by atoms with Crippen molar-refractivity contribution in [1.29, 1.82) is 0 Å². The van der Waals surface area contributed by atoms with Crippen molar-refractivity contribution in [1.82, 2.24) is 24.9 Å². The maximum absolute atomic E-state index is 13.0. The third-order valence-corrected chi connectivity index (χ3v) is 9.14. The lowest BCUT2D eigenvalue weighted by molar-refractivity contribution is -0.134. The van der Waals surface area contributed by atoms with Crippen LogP contribution in [0.25, 0.3) is 33.2 Å². The Morgan fingerprint density at radius 2 is 1.55 bits per heavy atom. The Morgan fingerprint density at radius 1 is 0.775 bits per heavy atom. The number of anilines is 1. The SMILES string of the molecule is O=C(CN1CCN(c2ccc(-c3cccc4c3oc3ccccc34)nn2)CC1)N1CCN(C2CCCCC2)CC1. The topological polar surface area (TPSA) is 69.0 Å². The largest absolute Gasteiger partial charge is 0.455 e. The number of hydrogen-bond acceptors (Lipinski definition) is 7. The smallest absolute Gasteiger partial charge is 0.236 e. The Hall–Kier alpha value is -3.49. The number of carbonyl (C=O) groups is 1. The number of benzene rings is 2. The molecule has 2 aromatic heterocycles. The molecule has 2 saturated heterocycles. The van der Waals surface area contributed by atoms with Crippen LogP contribution < -0.4 is 4.90 Å². The van der Waals surface area contributed by atoms with Crippen molar-refractivity contribution in [3.63, 3.8) is 0 Å². The second-order valence-electron chi connectivity index (χ2n) is 11.5. The molecule has 3 fully saturated rings. The van der Waals surface area contributed by atoms with Crippen LogP contribution in [0, 0.1) is 0 Å². The maximum Gasteiger partial charge on any atom is 0.236 e. The fraction of sp³-hybridized carbons (Fsp3) is 0.469. The number of piperazine rings is 2. The van der Waals surface area contributed by atoms with E-state index in [0.717, 1.165) is 97.4 Å². The van der Waals surface area contributed by atoms with E-state index >= 15 is 0 Å². The van der Waals surface area contributed by atoms with Crippen LogP contribution in [0.4, 0.5) is 5.82 Å². The molecular weight excluding hydrogens is 500 g/mol. The van der Waals surface area contributed by atoms with Gasteiger partial charge in [-0.25, -0.2) is 0 Å². The zero-order chi connectivity index (χ0) is 26.9. The van der Waals surface area contributed by atoms with Gasteiger partial charge in [-0.3, -0.25) is 14.6 Å². The van der Waals surface area contributed by atoms with Gasteiger partial charge in [0.15, 0.2) is 5.82 Å². The number of rotatable bonds is 5. The van der Waals surface area contributed by atoms with Crippen LogP contribution in [0.3, 0.4) is 0 Å². The van der Waals surface area contributed by atoms with E-state index in [2.05, 4.69) is 48.0 Å². The first-order valence-electron chi connectivity index (χ1n) is 15.0. The summed E-state index contributed by atoms with van der Waals surface area (Å²) in [5.74, 6) is 1.16. The van der Waals surface area contributed by atoms with Crippen molar-refractivity contribution >= 4 is 33.7 Å². The molecule has 0 bridgehead atoms. The van der Waals surface area contributed by atoms with Crippen molar-refractivity contribution in [3.05, 3.63) is 54.6 Å². The zero-order valence-electron chi connectivity index (χ0n) is 23.2. The Labute approximate surface area is 235 Å². The number of furan rings is 1. The standard InChI is InChI=1S/C32H38N6O2/c39-31(38-21-19-36(20-22-38)24-7-2-1-3-8-24)23-35-15-17-37(18-16-35)30-14-13-28(33-34-30)27-11-6-10-26-25-9-4-5-12-29(25)40-32(26)27/h4-6,9-14,24H,1-3,7-8,15-23H2. The first-order chi connectivity index (χ1) is 19.7. The Morgan fingerprint density at radius 3 is 2.33 bits per heavy atom. The van der Waals surface area contributed by atoms with Gasteiger partial charge in [0.25, 0.3) is 0 Å². The molecule has 1 aliphatic carbocycles. The lowest BCUT2D eigenvalue weighted by atomic mass is 9.94. The molecule has 208 valence electrons. The van der Waals surface area contributed by atoms with E-state index in [-0.39, 0.29) is 5.91 Å². The third-order valence-electron chi connectivity index (χ3n) is 9.14. The quantitative estimate of drug-likeness (QED) is 0.367. The average molecular weight is 539 g/mol. The van der Waals surface area contributed by atoms with Gasteiger partial charge >= 0.3 is 0 Å². The molecule has 2 aliphatic heterocycles.